The average Bonchev–Trinajstić information content (AvgIpc) is 3.84. The molecule has 0 saturated heterocycles. The molecule has 3 heteroatoms. The van der Waals surface area contributed by atoms with Gasteiger partial charge in [-0.3, -0.25) is 0 Å². The van der Waals surface area contributed by atoms with Crippen molar-refractivity contribution in [3.05, 3.63) is 200 Å². The fourth-order valence-corrected chi connectivity index (χ4v) is 11.3. The van der Waals surface area contributed by atoms with Gasteiger partial charge in [0, 0.05) is 57.0 Å². The maximum Gasteiger partial charge on any atom is 0.0546 e. The predicted molar refractivity (Wildman–Crippen MR) is 250 cm³/mol. The normalized spacial score (nSPS) is 11.9. The first-order chi connectivity index (χ1) is 28.3. The summed E-state index contributed by atoms with van der Waals surface area (Å²) in [5.41, 5.74) is 8.34. The molecule has 1 nitrogen and oxygen atoms in total. The number of thiophene rings is 2. The van der Waals surface area contributed by atoms with Crippen molar-refractivity contribution in [3.63, 3.8) is 0 Å². The first-order valence-corrected chi connectivity index (χ1v) is 21.0. The Hall–Kier alpha value is -6.78. The number of hydrogen-bond acceptors (Lipinski definition) is 3. The number of anilines is 3. The van der Waals surface area contributed by atoms with Crippen molar-refractivity contribution >= 4 is 112 Å². The Balaban J connectivity index is 1.13. The van der Waals surface area contributed by atoms with Gasteiger partial charge in [-0.05, 0) is 92.2 Å². The third-order valence-electron chi connectivity index (χ3n) is 11.6. The molecule has 0 atom stereocenters. The van der Waals surface area contributed by atoms with Crippen molar-refractivity contribution in [1.29, 1.82) is 0 Å². The zero-order valence-electron chi connectivity index (χ0n) is 30.8. The van der Waals surface area contributed by atoms with Crippen LogP contribution in [-0.4, -0.2) is 0 Å². The lowest BCUT2D eigenvalue weighted by molar-refractivity contribution is 1.31. The van der Waals surface area contributed by atoms with Crippen LogP contribution in [-0.2, 0) is 0 Å². The number of nitrogens with zero attached hydrogens (tertiary/aromatic N) is 1. The monoisotopic (exact) mass is 759 g/mol. The molecule has 0 amide bonds. The van der Waals surface area contributed by atoms with Gasteiger partial charge < -0.3 is 4.90 Å². The van der Waals surface area contributed by atoms with Crippen molar-refractivity contribution in [2.24, 2.45) is 0 Å². The first kappa shape index (κ1) is 32.5. The molecule has 10 aromatic carbocycles. The number of hydrogen-bond donors (Lipinski definition) is 0. The van der Waals surface area contributed by atoms with Crippen LogP contribution in [0.25, 0.3) is 94.9 Å². The number of rotatable bonds is 5. The molecule has 0 bridgehead atoms. The second-order valence-corrected chi connectivity index (χ2v) is 17.0. The maximum atomic E-state index is 2.51. The van der Waals surface area contributed by atoms with Crippen LogP contribution in [0, 0.1) is 0 Å². The number of benzene rings is 10. The summed E-state index contributed by atoms with van der Waals surface area (Å²) in [4.78, 5) is 2.51. The van der Waals surface area contributed by atoms with Gasteiger partial charge in [-0.1, -0.05) is 152 Å². The Morgan fingerprint density at radius 2 is 0.947 bits per heavy atom. The van der Waals surface area contributed by atoms with E-state index in [4.69, 9.17) is 0 Å². The highest BCUT2D eigenvalue weighted by atomic mass is 32.1. The molecule has 0 N–H and O–H groups in total. The Morgan fingerprint density at radius 3 is 1.89 bits per heavy atom. The Kier molecular flexibility index (Phi) is 7.34. The van der Waals surface area contributed by atoms with E-state index in [0.29, 0.717) is 0 Å². The van der Waals surface area contributed by atoms with E-state index in [1.165, 1.54) is 94.9 Å². The SMILES string of the molecule is c1ccc(-c2ccccc2N(c2ccc3sc4cccc(-c5ccc6c(c5)sc5ccccc56)c4c3c2)c2cccc3ccc4c5ccccc5ccc4c23)cc1. The second-order valence-electron chi connectivity index (χ2n) is 14.8. The molecule has 0 aliphatic carbocycles. The van der Waals surface area contributed by atoms with Crippen LogP contribution in [0.2, 0.25) is 0 Å². The third-order valence-corrected chi connectivity index (χ3v) is 13.9. The molecule has 0 fully saturated rings. The van der Waals surface area contributed by atoms with E-state index < -0.39 is 0 Å². The van der Waals surface area contributed by atoms with Crippen LogP contribution in [0.3, 0.4) is 0 Å². The Bertz CT molecular complexity index is 3540. The zero-order valence-corrected chi connectivity index (χ0v) is 32.4. The summed E-state index contributed by atoms with van der Waals surface area (Å²) in [5, 5.41) is 12.8. The minimum atomic E-state index is 1.13. The molecular formula is C54H33NS2. The molecule has 12 rings (SSSR count). The van der Waals surface area contributed by atoms with E-state index in [1.807, 2.05) is 22.7 Å². The Morgan fingerprint density at radius 1 is 0.298 bits per heavy atom. The van der Waals surface area contributed by atoms with E-state index in [2.05, 4.69) is 205 Å². The topological polar surface area (TPSA) is 3.24 Å². The summed E-state index contributed by atoms with van der Waals surface area (Å²) >= 11 is 3.76. The van der Waals surface area contributed by atoms with E-state index in [9.17, 15) is 0 Å². The molecular weight excluding hydrogens is 727 g/mol. The number of fused-ring (bicyclic) bond motifs is 11. The lowest BCUT2D eigenvalue weighted by Gasteiger charge is -2.29. The van der Waals surface area contributed by atoms with Gasteiger partial charge in [-0.2, -0.15) is 0 Å². The van der Waals surface area contributed by atoms with Gasteiger partial charge in [0.15, 0.2) is 0 Å². The van der Waals surface area contributed by atoms with Crippen molar-refractivity contribution in [3.8, 4) is 22.3 Å². The molecule has 0 spiro atoms. The zero-order chi connectivity index (χ0) is 37.5. The average molecular weight is 760 g/mol. The molecule has 2 aromatic heterocycles. The minimum Gasteiger partial charge on any atom is -0.309 e. The van der Waals surface area contributed by atoms with Crippen molar-refractivity contribution in [2.75, 3.05) is 4.90 Å². The molecule has 266 valence electrons. The molecule has 0 aliphatic rings. The van der Waals surface area contributed by atoms with Crippen LogP contribution >= 0.6 is 22.7 Å². The maximum absolute atomic E-state index is 2.51. The van der Waals surface area contributed by atoms with Crippen molar-refractivity contribution < 1.29 is 0 Å². The van der Waals surface area contributed by atoms with Gasteiger partial charge >= 0.3 is 0 Å². The van der Waals surface area contributed by atoms with Crippen LogP contribution in [0.4, 0.5) is 17.1 Å². The number of para-hydroxylation sites is 1. The van der Waals surface area contributed by atoms with Crippen molar-refractivity contribution in [2.45, 2.75) is 0 Å². The molecule has 2 heterocycles. The van der Waals surface area contributed by atoms with E-state index >= 15 is 0 Å². The highest BCUT2D eigenvalue weighted by Crippen LogP contribution is 2.49. The predicted octanol–water partition coefficient (Wildman–Crippen LogP) is 16.7. The van der Waals surface area contributed by atoms with Crippen LogP contribution in [0.1, 0.15) is 0 Å². The fraction of sp³-hybridized carbons (Fsp3) is 0. The van der Waals surface area contributed by atoms with Crippen molar-refractivity contribution in [1.82, 2.24) is 0 Å². The summed E-state index contributed by atoms with van der Waals surface area (Å²) in [6.07, 6.45) is 0. The van der Waals surface area contributed by atoms with Crippen LogP contribution < -0.4 is 4.90 Å². The van der Waals surface area contributed by atoms with Gasteiger partial charge in [-0.25, -0.2) is 0 Å². The van der Waals surface area contributed by atoms with E-state index in [-0.39, 0.29) is 0 Å². The third kappa shape index (κ3) is 5.13. The Labute approximate surface area is 337 Å². The summed E-state index contributed by atoms with van der Waals surface area (Å²) in [5.74, 6) is 0. The molecule has 0 saturated carbocycles. The summed E-state index contributed by atoms with van der Waals surface area (Å²) in [7, 11) is 0. The van der Waals surface area contributed by atoms with Gasteiger partial charge in [0.05, 0.1) is 11.4 Å². The molecule has 57 heavy (non-hydrogen) atoms. The summed E-state index contributed by atoms with van der Waals surface area (Å²) in [6.45, 7) is 0. The lowest BCUT2D eigenvalue weighted by Crippen LogP contribution is -2.12. The second kappa shape index (κ2) is 12.9. The first-order valence-electron chi connectivity index (χ1n) is 19.4. The molecule has 12 aromatic rings. The smallest absolute Gasteiger partial charge is 0.0546 e. The summed E-state index contributed by atoms with van der Waals surface area (Å²) in [6, 6.07) is 74.1. The van der Waals surface area contributed by atoms with Crippen LogP contribution in [0.5, 0.6) is 0 Å². The van der Waals surface area contributed by atoms with Gasteiger partial charge in [0.1, 0.15) is 0 Å². The van der Waals surface area contributed by atoms with Crippen LogP contribution in [0.15, 0.2) is 200 Å². The molecule has 0 unspecified atom stereocenters. The van der Waals surface area contributed by atoms with Gasteiger partial charge in [-0.15, -0.1) is 22.7 Å². The highest BCUT2D eigenvalue weighted by Gasteiger charge is 2.22. The minimum absolute atomic E-state index is 1.13. The van der Waals surface area contributed by atoms with Gasteiger partial charge in [0.2, 0.25) is 0 Å². The lowest BCUT2D eigenvalue weighted by atomic mass is 9.94. The summed E-state index contributed by atoms with van der Waals surface area (Å²) < 4.78 is 5.25. The van der Waals surface area contributed by atoms with Gasteiger partial charge in [0.25, 0.3) is 0 Å². The fourth-order valence-electron chi connectivity index (χ4n) is 9.07. The van der Waals surface area contributed by atoms with E-state index in [0.717, 1.165) is 17.1 Å². The van der Waals surface area contributed by atoms with E-state index in [1.54, 1.807) is 0 Å². The highest BCUT2D eigenvalue weighted by molar-refractivity contribution is 7.26. The standard InChI is InChI=1S/C54H33NS2/c1-2-12-34(13-3-1)40-17-6-8-20-47(40)55(48-21-10-15-36-25-28-42-39-16-5-4-14-35(39)24-30-45(42)53(36)48)38-27-31-50-46(33-38)54-41(19-11-23-51(54)56-50)37-26-29-44-43-18-7-9-22-49(43)57-52(44)32-37/h1-33H. The largest absolute Gasteiger partial charge is 0.309 e. The molecule has 0 aliphatic heterocycles. The molecule has 0 radical (unpaired) electrons. The quantitative estimate of drug-likeness (QED) is 0.158.